The number of nitrogens with one attached hydrogen (secondary N) is 1. The van der Waals surface area contributed by atoms with E-state index in [2.05, 4.69) is 15.3 Å². The van der Waals surface area contributed by atoms with Crippen molar-refractivity contribution in [2.45, 2.75) is 6.92 Å². The molecule has 1 N–H and O–H groups in total. The van der Waals surface area contributed by atoms with Gasteiger partial charge < -0.3 is 5.32 Å². The lowest BCUT2D eigenvalue weighted by molar-refractivity contribution is 0.590. The molecule has 4 aromatic rings. The van der Waals surface area contributed by atoms with Gasteiger partial charge in [-0.1, -0.05) is 42.0 Å². The van der Waals surface area contributed by atoms with Gasteiger partial charge in [-0.3, -0.25) is 0 Å². The molecule has 1 aromatic heterocycles. The minimum Gasteiger partial charge on any atom is -0.335 e. The molecule has 26 heavy (non-hydrogen) atoms. The number of halogens is 2. The summed E-state index contributed by atoms with van der Waals surface area (Å²) in [5, 5.41) is 3.49. The molecule has 3 aromatic carbocycles. The summed E-state index contributed by atoms with van der Waals surface area (Å²) in [4.78, 5) is 9.13. The van der Waals surface area contributed by atoms with Crippen LogP contribution in [0.3, 0.4) is 0 Å². The second-order valence-electron chi connectivity index (χ2n) is 6.00. The van der Waals surface area contributed by atoms with Gasteiger partial charge in [0.15, 0.2) is 5.82 Å². The van der Waals surface area contributed by atoms with Crippen LogP contribution in [0, 0.1) is 18.6 Å². The van der Waals surface area contributed by atoms with E-state index in [0.717, 1.165) is 11.1 Å². The fourth-order valence-corrected chi connectivity index (χ4v) is 2.82. The smallest absolute Gasteiger partial charge is 0.162 e. The average Bonchev–Trinajstić information content (AvgIpc) is 2.64. The third kappa shape index (κ3) is 2.99. The van der Waals surface area contributed by atoms with E-state index < -0.39 is 11.6 Å². The minimum absolute atomic E-state index is 0.230. The Bertz CT molecular complexity index is 1090. The number of hydrogen-bond acceptors (Lipinski definition) is 3. The van der Waals surface area contributed by atoms with Crippen LogP contribution in [0.2, 0.25) is 0 Å². The molecule has 4 rings (SSSR count). The van der Waals surface area contributed by atoms with Crippen molar-refractivity contribution in [3.8, 4) is 11.4 Å². The van der Waals surface area contributed by atoms with Crippen LogP contribution < -0.4 is 5.32 Å². The molecule has 0 fully saturated rings. The summed E-state index contributed by atoms with van der Waals surface area (Å²) in [6.07, 6.45) is 0. The van der Waals surface area contributed by atoms with Gasteiger partial charge in [0.25, 0.3) is 0 Å². The molecular formula is C21H15F2N3. The molecule has 0 amide bonds. The van der Waals surface area contributed by atoms with E-state index in [-0.39, 0.29) is 5.69 Å². The van der Waals surface area contributed by atoms with Gasteiger partial charge in [0, 0.05) is 10.9 Å². The number of anilines is 2. The first kappa shape index (κ1) is 16.1. The lowest BCUT2D eigenvalue weighted by Crippen LogP contribution is -2.02. The Balaban J connectivity index is 1.90. The van der Waals surface area contributed by atoms with Crippen LogP contribution in [0.5, 0.6) is 0 Å². The number of aryl methyl sites for hydroxylation is 1. The van der Waals surface area contributed by atoms with Crippen molar-refractivity contribution < 1.29 is 8.78 Å². The molecular weight excluding hydrogens is 332 g/mol. The zero-order valence-corrected chi connectivity index (χ0v) is 14.0. The van der Waals surface area contributed by atoms with E-state index in [1.807, 2.05) is 55.5 Å². The van der Waals surface area contributed by atoms with Crippen molar-refractivity contribution >= 4 is 22.4 Å². The van der Waals surface area contributed by atoms with E-state index >= 15 is 0 Å². The van der Waals surface area contributed by atoms with Crippen molar-refractivity contribution in [1.29, 1.82) is 0 Å². The third-order valence-electron chi connectivity index (χ3n) is 4.09. The van der Waals surface area contributed by atoms with Crippen LogP contribution in [0.25, 0.3) is 22.3 Å². The highest BCUT2D eigenvalue weighted by molar-refractivity contribution is 5.92. The SMILES string of the molecule is Cc1cccc(-c2nc(Nc3c(F)cccc3F)c3ccccc3n2)c1. The van der Waals surface area contributed by atoms with Crippen molar-refractivity contribution in [1.82, 2.24) is 9.97 Å². The fourth-order valence-electron chi connectivity index (χ4n) is 2.82. The van der Waals surface area contributed by atoms with Gasteiger partial charge >= 0.3 is 0 Å². The Labute approximate surface area is 149 Å². The lowest BCUT2D eigenvalue weighted by atomic mass is 10.1. The molecule has 1 heterocycles. The predicted octanol–water partition coefficient (Wildman–Crippen LogP) is 5.63. The van der Waals surface area contributed by atoms with Gasteiger partial charge in [-0.25, -0.2) is 18.7 Å². The molecule has 0 saturated heterocycles. The van der Waals surface area contributed by atoms with Crippen LogP contribution in [0.15, 0.2) is 66.7 Å². The summed E-state index contributed by atoms with van der Waals surface area (Å²) in [6.45, 7) is 1.98. The van der Waals surface area contributed by atoms with Crippen LogP contribution in [0.1, 0.15) is 5.56 Å². The third-order valence-corrected chi connectivity index (χ3v) is 4.09. The van der Waals surface area contributed by atoms with Gasteiger partial charge in [-0.05, 0) is 37.3 Å². The van der Waals surface area contributed by atoms with Gasteiger partial charge in [0.1, 0.15) is 23.1 Å². The second kappa shape index (κ2) is 6.52. The van der Waals surface area contributed by atoms with Gasteiger partial charge in [-0.2, -0.15) is 0 Å². The first-order chi connectivity index (χ1) is 12.6. The Hall–Kier alpha value is -3.34. The fraction of sp³-hybridized carbons (Fsp3) is 0.0476. The van der Waals surface area contributed by atoms with E-state index in [1.54, 1.807) is 0 Å². The molecule has 0 aliphatic heterocycles. The lowest BCUT2D eigenvalue weighted by Gasteiger charge is -2.12. The van der Waals surface area contributed by atoms with Gasteiger partial charge in [0.05, 0.1) is 5.52 Å². The largest absolute Gasteiger partial charge is 0.335 e. The standard InChI is InChI=1S/C21H15F2N3/c1-13-6-4-7-14(12-13)20-24-18-11-3-2-8-15(18)21(26-20)25-19-16(22)9-5-10-17(19)23/h2-12H,1H3,(H,24,25,26). The van der Waals surface area contributed by atoms with Crippen molar-refractivity contribution in [2.75, 3.05) is 5.32 Å². The molecule has 128 valence electrons. The Kier molecular flexibility index (Phi) is 4.05. The zero-order valence-electron chi connectivity index (χ0n) is 14.0. The zero-order chi connectivity index (χ0) is 18.1. The number of hydrogen-bond donors (Lipinski definition) is 1. The van der Waals surface area contributed by atoms with Crippen molar-refractivity contribution in [3.05, 3.63) is 83.9 Å². The highest BCUT2D eigenvalue weighted by Gasteiger charge is 2.14. The Morgan fingerprint density at radius 1 is 0.808 bits per heavy atom. The maximum Gasteiger partial charge on any atom is 0.162 e. The highest BCUT2D eigenvalue weighted by Crippen LogP contribution is 2.29. The minimum atomic E-state index is -0.676. The quantitative estimate of drug-likeness (QED) is 0.522. The van der Waals surface area contributed by atoms with Crippen LogP contribution in [-0.2, 0) is 0 Å². The number of rotatable bonds is 3. The summed E-state index contributed by atoms with van der Waals surface area (Å²) in [7, 11) is 0. The van der Waals surface area contributed by atoms with Gasteiger partial charge in [0.2, 0.25) is 0 Å². The molecule has 0 aliphatic rings. The van der Waals surface area contributed by atoms with E-state index in [1.165, 1.54) is 18.2 Å². The maximum atomic E-state index is 14.1. The second-order valence-corrected chi connectivity index (χ2v) is 6.00. The van der Waals surface area contributed by atoms with E-state index in [4.69, 9.17) is 0 Å². The molecule has 0 radical (unpaired) electrons. The Morgan fingerprint density at radius 2 is 1.54 bits per heavy atom. The number of para-hydroxylation sites is 2. The summed E-state index contributed by atoms with van der Waals surface area (Å²) < 4.78 is 28.1. The summed E-state index contributed by atoms with van der Waals surface area (Å²) in [5.41, 5.74) is 2.38. The number of fused-ring (bicyclic) bond motifs is 1. The van der Waals surface area contributed by atoms with Crippen molar-refractivity contribution in [2.24, 2.45) is 0 Å². The summed E-state index contributed by atoms with van der Waals surface area (Å²) in [6, 6.07) is 18.9. The monoisotopic (exact) mass is 347 g/mol. The Morgan fingerprint density at radius 3 is 2.31 bits per heavy atom. The highest BCUT2D eigenvalue weighted by atomic mass is 19.1. The van der Waals surface area contributed by atoms with Crippen molar-refractivity contribution in [3.63, 3.8) is 0 Å². The molecule has 0 atom stereocenters. The van der Waals surface area contributed by atoms with Crippen LogP contribution in [0.4, 0.5) is 20.3 Å². The number of nitrogens with zero attached hydrogens (tertiary/aromatic N) is 2. The molecule has 3 nitrogen and oxygen atoms in total. The maximum absolute atomic E-state index is 14.1. The van der Waals surface area contributed by atoms with Crippen LogP contribution >= 0.6 is 0 Å². The average molecular weight is 347 g/mol. The molecule has 0 aliphatic carbocycles. The first-order valence-electron chi connectivity index (χ1n) is 8.17. The van der Waals surface area contributed by atoms with Gasteiger partial charge in [-0.15, -0.1) is 0 Å². The van der Waals surface area contributed by atoms with Crippen LogP contribution in [-0.4, -0.2) is 9.97 Å². The molecule has 0 unspecified atom stereocenters. The topological polar surface area (TPSA) is 37.8 Å². The molecule has 0 saturated carbocycles. The summed E-state index contributed by atoms with van der Waals surface area (Å²) >= 11 is 0. The normalized spacial score (nSPS) is 10.9. The van der Waals surface area contributed by atoms with E-state index in [9.17, 15) is 8.78 Å². The number of benzene rings is 3. The first-order valence-corrected chi connectivity index (χ1v) is 8.17. The summed E-state index contributed by atoms with van der Waals surface area (Å²) in [5.74, 6) is -0.502. The predicted molar refractivity (Wildman–Crippen MR) is 99.4 cm³/mol. The number of aromatic nitrogens is 2. The molecule has 0 bridgehead atoms. The molecule has 5 heteroatoms. The molecule has 0 spiro atoms. The van der Waals surface area contributed by atoms with E-state index in [0.29, 0.717) is 22.5 Å².